The Bertz CT molecular complexity index is 355. The van der Waals surface area contributed by atoms with Gasteiger partial charge in [0.15, 0.2) is 0 Å². The van der Waals surface area contributed by atoms with Crippen LogP contribution in [0.15, 0.2) is 4.42 Å². The Morgan fingerprint density at radius 2 is 2.18 bits per heavy atom. The van der Waals surface area contributed by atoms with E-state index in [9.17, 15) is 0 Å². The van der Waals surface area contributed by atoms with Crippen LogP contribution in [0.3, 0.4) is 0 Å². The lowest BCUT2D eigenvalue weighted by Gasteiger charge is -2.36. The van der Waals surface area contributed by atoms with Crippen molar-refractivity contribution in [2.75, 3.05) is 19.8 Å². The largest absolute Gasteiger partial charge is 0.424 e. The summed E-state index contributed by atoms with van der Waals surface area (Å²) in [6.07, 6.45) is 0.644. The molecule has 2 rings (SSSR count). The van der Waals surface area contributed by atoms with E-state index in [-0.39, 0.29) is 12.7 Å². The van der Waals surface area contributed by atoms with Gasteiger partial charge in [0.05, 0.1) is 25.9 Å². The normalized spacial score (nSPS) is 26.3. The van der Waals surface area contributed by atoms with Gasteiger partial charge >= 0.3 is 0 Å². The Morgan fingerprint density at radius 3 is 2.82 bits per heavy atom. The van der Waals surface area contributed by atoms with Crippen molar-refractivity contribution in [2.24, 2.45) is 0 Å². The second kappa shape index (κ2) is 5.57. The van der Waals surface area contributed by atoms with Crippen LogP contribution in [0, 0.1) is 0 Å². The molecule has 1 aromatic rings. The van der Waals surface area contributed by atoms with Gasteiger partial charge in [0, 0.05) is 19.0 Å². The minimum atomic E-state index is -0.111. The predicted octanol–water partition coefficient (Wildman–Crippen LogP) is 0.214. The van der Waals surface area contributed by atoms with E-state index in [2.05, 4.69) is 22.0 Å². The first-order valence-corrected chi connectivity index (χ1v) is 6.00. The van der Waals surface area contributed by atoms with Gasteiger partial charge in [-0.15, -0.1) is 10.2 Å². The van der Waals surface area contributed by atoms with E-state index in [1.54, 1.807) is 0 Å². The molecule has 96 valence electrons. The number of aliphatic hydroxyl groups excluding tert-OH is 1. The molecule has 6 nitrogen and oxygen atoms in total. The monoisotopic (exact) mass is 241 g/mol. The lowest BCUT2D eigenvalue weighted by atomic mass is 10.2. The van der Waals surface area contributed by atoms with E-state index in [4.69, 9.17) is 14.3 Å². The van der Waals surface area contributed by atoms with Gasteiger partial charge < -0.3 is 14.3 Å². The van der Waals surface area contributed by atoms with Gasteiger partial charge in [-0.3, -0.25) is 4.90 Å². The van der Waals surface area contributed by atoms with Crippen LogP contribution in [0.5, 0.6) is 0 Å². The Labute approximate surface area is 101 Å². The van der Waals surface area contributed by atoms with Crippen LogP contribution in [-0.2, 0) is 17.7 Å². The molecule has 0 bridgehead atoms. The SMILES string of the molecule is CCc1nnc(CN2CC(CO)OCC2C)o1. The Balaban J connectivity index is 1.96. The standard InChI is InChI=1S/C11H19N3O3/c1-3-10-12-13-11(17-10)5-14-4-9(6-15)16-7-8(14)2/h8-9,15H,3-7H2,1-2H3. The number of hydrogen-bond acceptors (Lipinski definition) is 6. The third-order valence-electron chi connectivity index (χ3n) is 2.99. The zero-order chi connectivity index (χ0) is 12.3. The highest BCUT2D eigenvalue weighted by molar-refractivity contribution is 4.85. The van der Waals surface area contributed by atoms with Gasteiger partial charge in [-0.25, -0.2) is 0 Å². The number of rotatable bonds is 4. The second-order valence-electron chi connectivity index (χ2n) is 4.36. The number of aliphatic hydroxyl groups is 1. The molecule has 0 spiro atoms. The molecule has 1 aliphatic heterocycles. The van der Waals surface area contributed by atoms with Gasteiger partial charge in [-0.1, -0.05) is 6.92 Å². The fourth-order valence-electron chi connectivity index (χ4n) is 1.87. The highest BCUT2D eigenvalue weighted by Gasteiger charge is 2.26. The molecule has 2 unspecified atom stereocenters. The van der Waals surface area contributed by atoms with Crippen molar-refractivity contribution >= 4 is 0 Å². The molecule has 1 N–H and O–H groups in total. The van der Waals surface area contributed by atoms with Crippen molar-refractivity contribution in [3.8, 4) is 0 Å². The molecule has 6 heteroatoms. The number of aryl methyl sites for hydroxylation is 1. The molecule has 0 aromatic carbocycles. The molecular formula is C11H19N3O3. The fourth-order valence-corrected chi connectivity index (χ4v) is 1.87. The highest BCUT2D eigenvalue weighted by atomic mass is 16.5. The van der Waals surface area contributed by atoms with Gasteiger partial charge in [-0.05, 0) is 6.92 Å². The van der Waals surface area contributed by atoms with Crippen LogP contribution in [-0.4, -0.2) is 52.1 Å². The second-order valence-corrected chi connectivity index (χ2v) is 4.36. The fraction of sp³-hybridized carbons (Fsp3) is 0.818. The maximum absolute atomic E-state index is 9.10. The molecule has 0 saturated carbocycles. The summed E-state index contributed by atoms with van der Waals surface area (Å²) in [5.74, 6) is 1.30. The molecule has 0 radical (unpaired) electrons. The Morgan fingerprint density at radius 1 is 1.41 bits per heavy atom. The minimum absolute atomic E-state index is 0.0489. The average molecular weight is 241 g/mol. The lowest BCUT2D eigenvalue weighted by molar-refractivity contribution is -0.0824. The van der Waals surface area contributed by atoms with E-state index >= 15 is 0 Å². The number of hydrogen-bond donors (Lipinski definition) is 1. The molecule has 1 aliphatic rings. The minimum Gasteiger partial charge on any atom is -0.424 e. The van der Waals surface area contributed by atoms with Crippen molar-refractivity contribution in [1.29, 1.82) is 0 Å². The Kier molecular flexibility index (Phi) is 4.09. The average Bonchev–Trinajstić information content (AvgIpc) is 2.80. The van der Waals surface area contributed by atoms with Crippen LogP contribution >= 0.6 is 0 Å². The molecule has 2 heterocycles. The maximum atomic E-state index is 9.10. The summed E-state index contributed by atoms with van der Waals surface area (Å²) < 4.78 is 11.0. The van der Waals surface area contributed by atoms with E-state index < -0.39 is 0 Å². The molecule has 0 amide bonds. The maximum Gasteiger partial charge on any atom is 0.230 e. The van der Waals surface area contributed by atoms with E-state index in [0.717, 1.165) is 6.42 Å². The molecule has 1 fully saturated rings. The summed E-state index contributed by atoms with van der Waals surface area (Å²) >= 11 is 0. The zero-order valence-electron chi connectivity index (χ0n) is 10.3. The predicted molar refractivity (Wildman–Crippen MR) is 60.4 cm³/mol. The van der Waals surface area contributed by atoms with Crippen molar-refractivity contribution in [1.82, 2.24) is 15.1 Å². The summed E-state index contributed by atoms with van der Waals surface area (Å²) in [5, 5.41) is 17.0. The van der Waals surface area contributed by atoms with Gasteiger partial charge in [0.1, 0.15) is 0 Å². The smallest absolute Gasteiger partial charge is 0.230 e. The number of aromatic nitrogens is 2. The van der Waals surface area contributed by atoms with E-state index in [0.29, 0.717) is 37.5 Å². The summed E-state index contributed by atoms with van der Waals surface area (Å²) in [7, 11) is 0. The van der Waals surface area contributed by atoms with Crippen LogP contribution < -0.4 is 0 Å². The van der Waals surface area contributed by atoms with Gasteiger partial charge in [0.2, 0.25) is 11.8 Å². The molecule has 17 heavy (non-hydrogen) atoms. The number of nitrogens with zero attached hydrogens (tertiary/aromatic N) is 3. The van der Waals surface area contributed by atoms with Crippen LogP contribution in [0.2, 0.25) is 0 Å². The van der Waals surface area contributed by atoms with Crippen LogP contribution in [0.4, 0.5) is 0 Å². The van der Waals surface area contributed by atoms with E-state index in [1.165, 1.54) is 0 Å². The van der Waals surface area contributed by atoms with Gasteiger partial charge in [0.25, 0.3) is 0 Å². The quantitative estimate of drug-likeness (QED) is 0.812. The van der Waals surface area contributed by atoms with E-state index in [1.807, 2.05) is 6.92 Å². The summed E-state index contributed by atoms with van der Waals surface area (Å²) in [4.78, 5) is 2.19. The topological polar surface area (TPSA) is 71.6 Å². The zero-order valence-corrected chi connectivity index (χ0v) is 10.3. The summed E-state index contributed by atoms with van der Waals surface area (Å²) in [6.45, 7) is 6.06. The summed E-state index contributed by atoms with van der Waals surface area (Å²) in [5.41, 5.74) is 0. The van der Waals surface area contributed by atoms with Crippen molar-refractivity contribution in [2.45, 2.75) is 39.0 Å². The lowest BCUT2D eigenvalue weighted by Crippen LogP contribution is -2.48. The summed E-state index contributed by atoms with van der Waals surface area (Å²) in [6, 6.07) is 0.301. The first kappa shape index (κ1) is 12.5. The van der Waals surface area contributed by atoms with Crippen molar-refractivity contribution in [3.05, 3.63) is 11.8 Å². The first-order valence-electron chi connectivity index (χ1n) is 6.00. The molecule has 1 saturated heterocycles. The van der Waals surface area contributed by atoms with Crippen LogP contribution in [0.25, 0.3) is 0 Å². The third-order valence-corrected chi connectivity index (χ3v) is 2.99. The molecule has 2 atom stereocenters. The molecule has 0 aliphatic carbocycles. The van der Waals surface area contributed by atoms with Crippen molar-refractivity contribution < 1.29 is 14.3 Å². The van der Waals surface area contributed by atoms with Gasteiger partial charge in [-0.2, -0.15) is 0 Å². The molecule has 1 aromatic heterocycles. The first-order chi connectivity index (χ1) is 8.22. The number of morpholine rings is 1. The number of ether oxygens (including phenoxy) is 1. The van der Waals surface area contributed by atoms with Crippen molar-refractivity contribution in [3.63, 3.8) is 0 Å². The van der Waals surface area contributed by atoms with Crippen LogP contribution in [0.1, 0.15) is 25.6 Å². The molecular weight excluding hydrogens is 222 g/mol. The highest BCUT2D eigenvalue weighted by Crippen LogP contribution is 2.14. The Hall–Kier alpha value is -0.980. The third kappa shape index (κ3) is 3.02.